The van der Waals surface area contributed by atoms with Gasteiger partial charge < -0.3 is 27.0 Å². The maximum atomic E-state index is 9.35. The number of hydrogen-bond donors (Lipinski definition) is 5. The molecule has 7 N–H and O–H groups in total. The predicted octanol–water partition coefficient (Wildman–Crippen LogP) is 0.0380. The number of nitrogen functional groups attached to an aromatic ring is 1. The Labute approximate surface area is 117 Å². The summed E-state index contributed by atoms with van der Waals surface area (Å²) in [4.78, 5) is 0. The zero-order chi connectivity index (χ0) is 15.1. The van der Waals surface area contributed by atoms with E-state index in [1.807, 2.05) is 0 Å². The molecule has 1 aromatic carbocycles. The number of aromatic hydroxyl groups is 2. The molecule has 8 nitrogen and oxygen atoms in total. The fourth-order valence-corrected chi connectivity index (χ4v) is 1.54. The van der Waals surface area contributed by atoms with Crippen LogP contribution in [0.1, 0.15) is 5.56 Å². The predicted molar refractivity (Wildman–Crippen MR) is 77.5 cm³/mol. The Balaban J connectivity index is 0.000000956. The van der Waals surface area contributed by atoms with Crippen LogP contribution in [0.3, 0.4) is 0 Å². The van der Waals surface area contributed by atoms with Crippen molar-refractivity contribution in [1.82, 2.24) is 14.8 Å². The van der Waals surface area contributed by atoms with Gasteiger partial charge in [-0.1, -0.05) is 6.07 Å². The van der Waals surface area contributed by atoms with Crippen LogP contribution in [-0.4, -0.2) is 38.6 Å². The van der Waals surface area contributed by atoms with Crippen LogP contribution >= 0.6 is 0 Å². The van der Waals surface area contributed by atoms with Crippen LogP contribution in [0.2, 0.25) is 0 Å². The normalized spacial score (nSPS) is 9.75. The summed E-state index contributed by atoms with van der Waals surface area (Å²) in [6.07, 6.45) is 0.681. The number of rotatable bonds is 4. The third kappa shape index (κ3) is 3.75. The van der Waals surface area contributed by atoms with E-state index in [-0.39, 0.29) is 11.5 Å². The van der Waals surface area contributed by atoms with E-state index < -0.39 is 0 Å². The summed E-state index contributed by atoms with van der Waals surface area (Å²) in [5.74, 6) is 0.707. The molecule has 0 aliphatic carbocycles. The van der Waals surface area contributed by atoms with Crippen molar-refractivity contribution in [3.8, 4) is 11.5 Å². The highest BCUT2D eigenvalue weighted by atomic mass is 16.3. The molecule has 0 saturated carbocycles. The van der Waals surface area contributed by atoms with Crippen LogP contribution in [0, 0.1) is 0 Å². The van der Waals surface area contributed by atoms with Crippen molar-refractivity contribution in [3.05, 3.63) is 23.8 Å². The van der Waals surface area contributed by atoms with Gasteiger partial charge in [0.2, 0.25) is 11.9 Å². The average Bonchev–Trinajstić information content (AvgIpc) is 2.77. The summed E-state index contributed by atoms with van der Waals surface area (Å²) in [5, 5.41) is 29.2. The minimum Gasteiger partial charge on any atom is -0.504 e. The van der Waals surface area contributed by atoms with Gasteiger partial charge in [-0.25, -0.2) is 0 Å². The number of anilines is 2. The number of aromatic nitrogens is 3. The molecule has 8 heteroatoms. The van der Waals surface area contributed by atoms with Gasteiger partial charge in [-0.05, 0) is 31.2 Å². The zero-order valence-corrected chi connectivity index (χ0v) is 11.5. The molecule has 1 heterocycles. The smallest absolute Gasteiger partial charge is 0.225 e. The summed E-state index contributed by atoms with van der Waals surface area (Å²) in [6, 6.07) is 4.74. The van der Waals surface area contributed by atoms with E-state index >= 15 is 0 Å². The molecule has 0 atom stereocenters. The second-order valence-electron chi connectivity index (χ2n) is 3.94. The molecular weight excluding hydrogens is 260 g/mol. The number of hydrogen-bond acceptors (Lipinski definition) is 7. The van der Waals surface area contributed by atoms with Gasteiger partial charge in [0.15, 0.2) is 11.5 Å². The lowest BCUT2D eigenvalue weighted by atomic mass is 10.1. The van der Waals surface area contributed by atoms with E-state index in [9.17, 15) is 10.2 Å². The Kier molecular flexibility index (Phi) is 5.60. The van der Waals surface area contributed by atoms with Crippen LogP contribution in [-0.2, 0) is 13.5 Å². The SMILES string of the molecule is CN.Cn1c(N)nnc1NCCc1ccc(O)c(O)c1. The third-order valence-electron chi connectivity index (χ3n) is 2.65. The molecule has 0 aliphatic rings. The fraction of sp³-hybridized carbons (Fsp3) is 0.333. The van der Waals surface area contributed by atoms with Crippen LogP contribution in [0.4, 0.5) is 11.9 Å². The minimum absolute atomic E-state index is 0.115. The lowest BCUT2D eigenvalue weighted by Crippen LogP contribution is -2.09. The molecule has 110 valence electrons. The van der Waals surface area contributed by atoms with Crippen LogP contribution in [0.15, 0.2) is 18.2 Å². The number of nitrogens with one attached hydrogen (secondary N) is 1. The largest absolute Gasteiger partial charge is 0.504 e. The van der Waals surface area contributed by atoms with Crippen LogP contribution in [0.5, 0.6) is 11.5 Å². The summed E-state index contributed by atoms with van der Waals surface area (Å²) < 4.78 is 1.65. The van der Waals surface area contributed by atoms with E-state index in [1.54, 1.807) is 17.7 Å². The molecule has 0 aliphatic heterocycles. The van der Waals surface area contributed by atoms with E-state index in [0.717, 1.165) is 5.56 Å². The van der Waals surface area contributed by atoms with Crippen molar-refractivity contribution in [3.63, 3.8) is 0 Å². The second kappa shape index (κ2) is 7.19. The summed E-state index contributed by atoms with van der Waals surface area (Å²) in [5.41, 5.74) is 11.0. The van der Waals surface area contributed by atoms with Gasteiger partial charge >= 0.3 is 0 Å². The maximum Gasteiger partial charge on any atom is 0.225 e. The molecular formula is C12H20N6O2. The molecule has 0 fully saturated rings. The van der Waals surface area contributed by atoms with E-state index in [0.29, 0.717) is 24.9 Å². The highest BCUT2D eigenvalue weighted by molar-refractivity contribution is 5.41. The molecule has 20 heavy (non-hydrogen) atoms. The highest BCUT2D eigenvalue weighted by Crippen LogP contribution is 2.24. The van der Waals surface area contributed by atoms with Crippen LogP contribution in [0.25, 0.3) is 0 Å². The third-order valence-corrected chi connectivity index (χ3v) is 2.65. The van der Waals surface area contributed by atoms with Crippen molar-refractivity contribution in [1.29, 1.82) is 0 Å². The lowest BCUT2D eigenvalue weighted by molar-refractivity contribution is 0.403. The summed E-state index contributed by atoms with van der Waals surface area (Å²) in [7, 11) is 3.27. The molecule has 0 unspecified atom stereocenters. The standard InChI is InChI=1S/C11H15N5O2.CH5N/c1-16-10(12)14-15-11(16)13-5-4-7-2-3-8(17)9(18)6-7;1-2/h2-3,6,17-18H,4-5H2,1H3,(H2,12,14)(H,13,15);2H2,1H3. The molecule has 0 saturated heterocycles. The number of phenolic OH excluding ortho intramolecular Hbond substituents is 2. The topological polar surface area (TPSA) is 135 Å². The summed E-state index contributed by atoms with van der Waals surface area (Å²) >= 11 is 0. The van der Waals surface area contributed by atoms with Gasteiger partial charge in [-0.3, -0.25) is 4.57 Å². The Morgan fingerprint density at radius 3 is 2.45 bits per heavy atom. The Hall–Kier alpha value is -2.48. The lowest BCUT2D eigenvalue weighted by Gasteiger charge is -2.06. The highest BCUT2D eigenvalue weighted by Gasteiger charge is 2.05. The van der Waals surface area contributed by atoms with Crippen LogP contribution < -0.4 is 16.8 Å². The van der Waals surface area contributed by atoms with Gasteiger partial charge in [-0.15, -0.1) is 10.2 Å². The van der Waals surface area contributed by atoms with E-state index in [2.05, 4.69) is 21.2 Å². The molecule has 0 bridgehead atoms. The monoisotopic (exact) mass is 280 g/mol. The van der Waals surface area contributed by atoms with Crippen molar-refractivity contribution in [2.75, 3.05) is 24.6 Å². The molecule has 1 aromatic heterocycles. The molecule has 2 rings (SSSR count). The first kappa shape index (κ1) is 15.6. The molecule has 0 spiro atoms. The Bertz CT molecular complexity index is 555. The van der Waals surface area contributed by atoms with Crippen molar-refractivity contribution >= 4 is 11.9 Å². The Morgan fingerprint density at radius 1 is 1.20 bits per heavy atom. The number of phenols is 2. The van der Waals surface area contributed by atoms with E-state index in [4.69, 9.17) is 5.73 Å². The Morgan fingerprint density at radius 2 is 1.90 bits per heavy atom. The first-order valence-electron chi connectivity index (χ1n) is 6.05. The van der Waals surface area contributed by atoms with Gasteiger partial charge in [0.25, 0.3) is 0 Å². The molecule has 2 aromatic rings. The minimum atomic E-state index is -0.118. The van der Waals surface area contributed by atoms with Gasteiger partial charge in [-0.2, -0.15) is 0 Å². The van der Waals surface area contributed by atoms with Crippen molar-refractivity contribution in [2.45, 2.75) is 6.42 Å². The average molecular weight is 280 g/mol. The first-order valence-corrected chi connectivity index (χ1v) is 6.05. The van der Waals surface area contributed by atoms with Gasteiger partial charge in [0, 0.05) is 13.6 Å². The van der Waals surface area contributed by atoms with Crippen molar-refractivity contribution < 1.29 is 10.2 Å². The molecule has 0 radical (unpaired) electrons. The first-order chi connectivity index (χ1) is 9.58. The fourth-order valence-electron chi connectivity index (χ4n) is 1.54. The molecule has 0 amide bonds. The van der Waals surface area contributed by atoms with Gasteiger partial charge in [0.1, 0.15) is 0 Å². The van der Waals surface area contributed by atoms with E-state index in [1.165, 1.54) is 19.2 Å². The number of benzene rings is 1. The van der Waals surface area contributed by atoms with Crippen molar-refractivity contribution in [2.24, 2.45) is 12.8 Å². The number of nitrogens with zero attached hydrogens (tertiary/aromatic N) is 3. The zero-order valence-electron chi connectivity index (χ0n) is 11.5. The van der Waals surface area contributed by atoms with Gasteiger partial charge in [0.05, 0.1) is 0 Å². The summed E-state index contributed by atoms with van der Waals surface area (Å²) in [6.45, 7) is 0.621. The quantitative estimate of drug-likeness (QED) is 0.499. The maximum absolute atomic E-state index is 9.35. The second-order valence-corrected chi connectivity index (χ2v) is 3.94. The number of nitrogens with two attached hydrogens (primary N) is 2.